The first-order valence-electron chi connectivity index (χ1n) is 8.11. The molecule has 0 saturated heterocycles. The van der Waals surface area contributed by atoms with E-state index in [0.29, 0.717) is 0 Å². The lowest BCUT2D eigenvalue weighted by atomic mass is 10.0. The summed E-state index contributed by atoms with van der Waals surface area (Å²) in [6, 6.07) is 12.6. The number of rotatable bonds is 1. The highest BCUT2D eigenvalue weighted by Crippen LogP contribution is 2.42. The van der Waals surface area contributed by atoms with Crippen molar-refractivity contribution in [1.29, 1.82) is 0 Å². The van der Waals surface area contributed by atoms with Crippen LogP contribution in [-0.2, 0) is 0 Å². The van der Waals surface area contributed by atoms with Gasteiger partial charge in [-0.15, -0.1) is 0 Å². The minimum absolute atomic E-state index is 0.918. The van der Waals surface area contributed by atoms with E-state index in [1.54, 1.807) is 0 Å². The third-order valence-electron chi connectivity index (χ3n) is 4.36. The van der Waals surface area contributed by atoms with Crippen LogP contribution in [0.4, 0.5) is 17.3 Å². The fourth-order valence-electron chi connectivity index (χ4n) is 3.47. The predicted molar refractivity (Wildman–Crippen MR) is 99.9 cm³/mol. The zero-order chi connectivity index (χ0) is 16.7. The van der Waals surface area contributed by atoms with Crippen LogP contribution in [0.25, 0.3) is 12.2 Å². The average molecular weight is 313 g/mol. The summed E-state index contributed by atoms with van der Waals surface area (Å²) in [5.41, 5.74) is 7.06. The maximum absolute atomic E-state index is 4.68. The summed E-state index contributed by atoms with van der Waals surface area (Å²) in [5.74, 6) is 1.84. The molecule has 0 fully saturated rings. The topological polar surface area (TPSA) is 29.0 Å². The van der Waals surface area contributed by atoms with Gasteiger partial charge in [0.25, 0.3) is 0 Å². The summed E-state index contributed by atoms with van der Waals surface area (Å²) < 4.78 is 0. The van der Waals surface area contributed by atoms with Gasteiger partial charge in [0.2, 0.25) is 0 Å². The van der Waals surface area contributed by atoms with E-state index in [2.05, 4.69) is 72.1 Å². The van der Waals surface area contributed by atoms with Crippen LogP contribution in [0.5, 0.6) is 0 Å². The largest absolute Gasteiger partial charge is 0.277 e. The summed E-state index contributed by atoms with van der Waals surface area (Å²) in [5, 5.41) is 0. The van der Waals surface area contributed by atoms with Crippen molar-refractivity contribution in [2.45, 2.75) is 20.8 Å². The van der Waals surface area contributed by atoms with Gasteiger partial charge in [-0.3, -0.25) is 4.90 Å². The Kier molecular flexibility index (Phi) is 3.42. The molecular formula is C21H19N3. The van der Waals surface area contributed by atoms with Gasteiger partial charge in [-0.05, 0) is 56.2 Å². The van der Waals surface area contributed by atoms with Gasteiger partial charge < -0.3 is 0 Å². The second kappa shape index (κ2) is 5.60. The first kappa shape index (κ1) is 14.6. The van der Waals surface area contributed by atoms with Crippen LogP contribution in [0.15, 0.2) is 48.8 Å². The van der Waals surface area contributed by atoms with Gasteiger partial charge >= 0.3 is 0 Å². The summed E-state index contributed by atoms with van der Waals surface area (Å²) in [6.45, 7) is 6.43. The van der Waals surface area contributed by atoms with E-state index in [1.807, 2.05) is 24.5 Å². The number of fused-ring (bicyclic) bond motifs is 2. The molecule has 0 saturated carbocycles. The zero-order valence-electron chi connectivity index (χ0n) is 14.1. The predicted octanol–water partition coefficient (Wildman–Crippen LogP) is 5.36. The monoisotopic (exact) mass is 313 g/mol. The van der Waals surface area contributed by atoms with Crippen molar-refractivity contribution in [2.24, 2.45) is 0 Å². The lowest BCUT2D eigenvalue weighted by molar-refractivity contribution is 1.10. The van der Waals surface area contributed by atoms with Gasteiger partial charge in [0, 0.05) is 23.5 Å². The first-order valence-corrected chi connectivity index (χ1v) is 8.11. The Morgan fingerprint density at radius 3 is 1.75 bits per heavy atom. The Labute approximate surface area is 142 Å². The van der Waals surface area contributed by atoms with Crippen molar-refractivity contribution in [3.05, 3.63) is 76.6 Å². The molecule has 1 aliphatic rings. The van der Waals surface area contributed by atoms with Crippen LogP contribution >= 0.6 is 0 Å². The summed E-state index contributed by atoms with van der Waals surface area (Å²) in [4.78, 5) is 11.5. The van der Waals surface area contributed by atoms with Crippen LogP contribution in [0.1, 0.15) is 27.8 Å². The van der Waals surface area contributed by atoms with Gasteiger partial charge in [0.15, 0.2) is 0 Å². The third-order valence-corrected chi connectivity index (χ3v) is 4.36. The van der Waals surface area contributed by atoms with E-state index in [9.17, 15) is 0 Å². The highest BCUT2D eigenvalue weighted by Gasteiger charge is 2.24. The van der Waals surface area contributed by atoms with Crippen molar-refractivity contribution in [2.75, 3.05) is 4.90 Å². The Morgan fingerprint density at radius 1 is 0.750 bits per heavy atom. The number of nitrogens with zero attached hydrogens (tertiary/aromatic N) is 3. The average Bonchev–Trinajstić information content (AvgIpc) is 2.72. The molecule has 3 heteroatoms. The van der Waals surface area contributed by atoms with Crippen LogP contribution in [0.3, 0.4) is 0 Å². The smallest absolute Gasteiger partial charge is 0.146 e. The highest BCUT2D eigenvalue weighted by atomic mass is 15.2. The van der Waals surface area contributed by atoms with E-state index in [-0.39, 0.29) is 0 Å². The summed E-state index contributed by atoms with van der Waals surface area (Å²) in [7, 11) is 0. The molecule has 118 valence electrons. The Morgan fingerprint density at radius 2 is 1.25 bits per heavy atom. The van der Waals surface area contributed by atoms with Crippen LogP contribution in [0, 0.1) is 20.8 Å². The molecule has 0 bridgehead atoms. The van der Waals surface area contributed by atoms with Crippen LogP contribution < -0.4 is 4.90 Å². The van der Waals surface area contributed by atoms with Gasteiger partial charge in [-0.25, -0.2) is 9.97 Å². The molecule has 3 nitrogen and oxygen atoms in total. The molecule has 24 heavy (non-hydrogen) atoms. The fraction of sp³-hybridized carbons (Fsp3) is 0.143. The maximum atomic E-state index is 4.68. The minimum Gasteiger partial charge on any atom is -0.277 e. The van der Waals surface area contributed by atoms with Gasteiger partial charge in [-0.2, -0.15) is 0 Å². The molecular weight excluding hydrogens is 294 g/mol. The first-order chi connectivity index (χ1) is 11.6. The number of aryl methyl sites for hydroxylation is 3. The van der Waals surface area contributed by atoms with Crippen molar-refractivity contribution in [1.82, 2.24) is 9.97 Å². The molecule has 0 unspecified atom stereocenters. The lowest BCUT2D eigenvalue weighted by Crippen LogP contribution is -2.17. The SMILES string of the molecule is Cc1cc(C)c(N2c3ncccc3C=Cc3cccnc32)c(C)c1. The standard InChI is InChI=1S/C21H19N3/c1-14-12-15(2)19(16(3)13-14)24-20-17(6-4-10-22-20)8-9-18-7-5-11-23-21(18)24/h4-13H,1-3H3. The van der Waals surface area contributed by atoms with Gasteiger partial charge in [-0.1, -0.05) is 29.8 Å². The number of hydrogen-bond donors (Lipinski definition) is 0. The molecule has 0 amide bonds. The Hall–Kier alpha value is -2.94. The highest BCUT2D eigenvalue weighted by molar-refractivity contribution is 5.91. The van der Waals surface area contributed by atoms with Crippen molar-refractivity contribution in [3.63, 3.8) is 0 Å². The molecule has 3 aromatic rings. The summed E-state index contributed by atoms with van der Waals surface area (Å²) >= 11 is 0. The fourth-order valence-corrected chi connectivity index (χ4v) is 3.47. The minimum atomic E-state index is 0.918. The van der Waals surface area contributed by atoms with E-state index < -0.39 is 0 Å². The number of hydrogen-bond acceptors (Lipinski definition) is 3. The number of pyridine rings is 2. The number of anilines is 3. The molecule has 3 heterocycles. The zero-order valence-corrected chi connectivity index (χ0v) is 14.1. The van der Waals surface area contributed by atoms with Crippen LogP contribution in [0.2, 0.25) is 0 Å². The molecule has 2 aromatic heterocycles. The molecule has 0 atom stereocenters. The van der Waals surface area contributed by atoms with E-state index in [0.717, 1.165) is 28.5 Å². The van der Waals surface area contributed by atoms with Gasteiger partial charge in [0.1, 0.15) is 11.6 Å². The van der Waals surface area contributed by atoms with Crippen molar-refractivity contribution in [3.8, 4) is 0 Å². The van der Waals surface area contributed by atoms with E-state index in [1.165, 1.54) is 16.7 Å². The van der Waals surface area contributed by atoms with Crippen molar-refractivity contribution >= 4 is 29.5 Å². The van der Waals surface area contributed by atoms with Crippen LogP contribution in [-0.4, -0.2) is 9.97 Å². The number of aromatic nitrogens is 2. The normalized spacial score (nSPS) is 12.5. The maximum Gasteiger partial charge on any atom is 0.146 e. The summed E-state index contributed by atoms with van der Waals surface area (Å²) in [6.07, 6.45) is 7.91. The second-order valence-electron chi connectivity index (χ2n) is 6.25. The van der Waals surface area contributed by atoms with Crippen molar-refractivity contribution < 1.29 is 0 Å². The van der Waals surface area contributed by atoms with Gasteiger partial charge in [0.05, 0.1) is 5.69 Å². The molecule has 0 aliphatic carbocycles. The molecule has 0 N–H and O–H groups in total. The number of benzene rings is 1. The molecule has 0 spiro atoms. The molecule has 1 aliphatic heterocycles. The molecule has 4 rings (SSSR count). The Balaban J connectivity index is 2.07. The van der Waals surface area contributed by atoms with E-state index in [4.69, 9.17) is 0 Å². The molecule has 1 aromatic carbocycles. The Bertz CT molecular complexity index is 884. The third kappa shape index (κ3) is 2.29. The lowest BCUT2D eigenvalue weighted by Gasteiger charge is -2.28. The quantitative estimate of drug-likeness (QED) is 0.474. The molecule has 0 radical (unpaired) electrons. The van der Waals surface area contributed by atoms with E-state index >= 15 is 0 Å². The second-order valence-corrected chi connectivity index (χ2v) is 6.25.